The molecule has 78 valence electrons. The van der Waals surface area contributed by atoms with Gasteiger partial charge in [-0.15, -0.1) is 0 Å². The van der Waals surface area contributed by atoms with Gasteiger partial charge < -0.3 is 4.74 Å². The normalized spacial score (nSPS) is 30.5. The van der Waals surface area contributed by atoms with Crippen molar-refractivity contribution in [2.45, 2.75) is 12.8 Å². The van der Waals surface area contributed by atoms with Gasteiger partial charge in [0.25, 0.3) is 0 Å². The number of rotatable bonds is 0. The van der Waals surface area contributed by atoms with Gasteiger partial charge in [0.2, 0.25) is 0 Å². The summed E-state index contributed by atoms with van der Waals surface area (Å²) in [5.74, 6) is 0.475. The van der Waals surface area contributed by atoms with E-state index in [0.717, 1.165) is 24.0 Å². The van der Waals surface area contributed by atoms with E-state index in [1.54, 1.807) is 0 Å². The summed E-state index contributed by atoms with van der Waals surface area (Å²) in [4.78, 5) is 19.8. The van der Waals surface area contributed by atoms with Crippen molar-refractivity contribution in [3.8, 4) is 0 Å². The smallest absolute Gasteiger partial charge is 0.338 e. The molecular weight excluding hydrogens is 192 g/mol. The second-order valence-corrected chi connectivity index (χ2v) is 3.92. The fourth-order valence-corrected chi connectivity index (χ4v) is 2.02. The van der Waals surface area contributed by atoms with Crippen LogP contribution in [-0.4, -0.2) is 11.9 Å². The first-order valence-electron chi connectivity index (χ1n) is 4.95. The summed E-state index contributed by atoms with van der Waals surface area (Å²) in [6.07, 6.45) is 9.43. The van der Waals surface area contributed by atoms with Crippen LogP contribution in [0.2, 0.25) is 0 Å². The lowest BCUT2D eigenvalue weighted by Gasteiger charge is -2.02. The third-order valence-corrected chi connectivity index (χ3v) is 2.78. The van der Waals surface area contributed by atoms with Gasteiger partial charge in [0.15, 0.2) is 0 Å². The van der Waals surface area contributed by atoms with Crippen LogP contribution in [0.15, 0.2) is 36.5 Å². The minimum Gasteiger partial charge on any atom is -0.387 e. The van der Waals surface area contributed by atoms with Crippen LogP contribution < -0.4 is 0 Å². The average Bonchev–Trinajstić information content (AvgIpc) is 2.83. The largest absolute Gasteiger partial charge is 0.387 e. The van der Waals surface area contributed by atoms with Gasteiger partial charge in [-0.1, -0.05) is 24.3 Å². The van der Waals surface area contributed by atoms with Crippen molar-refractivity contribution in [3.63, 3.8) is 0 Å². The summed E-state index contributed by atoms with van der Waals surface area (Å²) < 4.78 is 3.97. The summed E-state index contributed by atoms with van der Waals surface area (Å²) >= 11 is 0. The number of hydrogen-bond acceptors (Lipinski definition) is 3. The van der Waals surface area contributed by atoms with Crippen LogP contribution in [0.1, 0.15) is 12.8 Å². The Kier molecular flexibility index (Phi) is 2.54. The molecule has 0 N–H and O–H groups in total. The highest BCUT2D eigenvalue weighted by Gasteiger charge is 2.28. The number of fused-ring (bicyclic) bond motifs is 2. The van der Waals surface area contributed by atoms with Crippen LogP contribution in [-0.2, 0) is 14.3 Å². The van der Waals surface area contributed by atoms with E-state index < -0.39 is 11.9 Å². The van der Waals surface area contributed by atoms with Crippen LogP contribution in [0, 0.1) is 11.8 Å². The zero-order valence-electron chi connectivity index (χ0n) is 8.31. The molecule has 1 heterocycles. The molecule has 3 rings (SSSR count). The van der Waals surface area contributed by atoms with Crippen LogP contribution >= 0.6 is 0 Å². The maximum Gasteiger partial charge on any atom is 0.338 e. The maximum absolute atomic E-state index is 9.92. The number of ether oxygens (including phenoxy) is 1. The molecule has 1 fully saturated rings. The quantitative estimate of drug-likeness (QED) is 0.343. The molecule has 2 aliphatic carbocycles. The topological polar surface area (TPSA) is 43.4 Å². The number of carbonyl (C=O) groups excluding carboxylic acids is 2. The second-order valence-electron chi connectivity index (χ2n) is 3.92. The van der Waals surface area contributed by atoms with Crippen molar-refractivity contribution >= 4 is 11.9 Å². The summed E-state index contributed by atoms with van der Waals surface area (Å²) in [5.41, 5.74) is 1.46. The maximum atomic E-state index is 9.92. The third-order valence-electron chi connectivity index (χ3n) is 2.78. The van der Waals surface area contributed by atoms with Crippen molar-refractivity contribution in [1.29, 1.82) is 0 Å². The van der Waals surface area contributed by atoms with Gasteiger partial charge in [-0.25, -0.2) is 9.59 Å². The molecule has 15 heavy (non-hydrogen) atoms. The van der Waals surface area contributed by atoms with Crippen LogP contribution in [0.4, 0.5) is 0 Å². The summed E-state index contributed by atoms with van der Waals surface area (Å²) in [6, 6.07) is 0. The van der Waals surface area contributed by atoms with E-state index in [1.165, 1.54) is 18.4 Å². The predicted molar refractivity (Wildman–Crippen MR) is 54.7 cm³/mol. The highest BCUT2D eigenvalue weighted by molar-refractivity contribution is 6.04. The molecule has 3 heteroatoms. The number of carbonyl (C=O) groups is 2. The molecule has 0 radical (unpaired) electrons. The van der Waals surface area contributed by atoms with E-state index in [1.807, 2.05) is 0 Å². The van der Waals surface area contributed by atoms with Gasteiger partial charge in [0.05, 0.1) is 0 Å². The Morgan fingerprint density at radius 1 is 1.20 bits per heavy atom. The Labute approximate surface area is 88.1 Å². The summed E-state index contributed by atoms with van der Waals surface area (Å²) in [5, 5.41) is 0. The lowest BCUT2D eigenvalue weighted by Crippen LogP contribution is -1.96. The van der Waals surface area contributed by atoms with Gasteiger partial charge in [0, 0.05) is 12.2 Å². The highest BCUT2D eigenvalue weighted by Crippen LogP contribution is 2.41. The molecule has 0 aromatic carbocycles. The minimum absolute atomic E-state index is 0.579. The van der Waals surface area contributed by atoms with Gasteiger partial charge in [0.1, 0.15) is 0 Å². The number of allylic oxidation sites excluding steroid dienone is 3. The molecule has 3 aliphatic rings. The van der Waals surface area contributed by atoms with E-state index in [-0.39, 0.29) is 0 Å². The molecule has 2 unspecified atom stereocenters. The Balaban J connectivity index is 0.000000115. The zero-order chi connectivity index (χ0) is 10.8. The monoisotopic (exact) mass is 204 g/mol. The van der Waals surface area contributed by atoms with E-state index in [0.29, 0.717) is 0 Å². The van der Waals surface area contributed by atoms with E-state index in [4.69, 9.17) is 0 Å². The van der Waals surface area contributed by atoms with Crippen molar-refractivity contribution in [1.82, 2.24) is 0 Å². The van der Waals surface area contributed by atoms with Crippen LogP contribution in [0.5, 0.6) is 0 Å². The van der Waals surface area contributed by atoms with Crippen molar-refractivity contribution < 1.29 is 14.3 Å². The van der Waals surface area contributed by atoms with Crippen LogP contribution in [0.3, 0.4) is 0 Å². The second kappa shape index (κ2) is 3.85. The molecule has 2 atom stereocenters. The Bertz CT molecular complexity index is 360. The Morgan fingerprint density at radius 2 is 1.87 bits per heavy atom. The van der Waals surface area contributed by atoms with E-state index >= 15 is 0 Å². The Hall–Kier alpha value is -1.64. The molecule has 1 saturated carbocycles. The highest BCUT2D eigenvalue weighted by atomic mass is 16.6. The van der Waals surface area contributed by atoms with Crippen molar-refractivity contribution in [2.75, 3.05) is 0 Å². The molecule has 0 spiro atoms. The van der Waals surface area contributed by atoms with E-state index in [9.17, 15) is 9.59 Å². The molecule has 2 bridgehead atoms. The van der Waals surface area contributed by atoms with E-state index in [2.05, 4.69) is 23.5 Å². The molecule has 3 nitrogen and oxygen atoms in total. The van der Waals surface area contributed by atoms with Crippen LogP contribution in [0.25, 0.3) is 0 Å². The average molecular weight is 204 g/mol. The summed E-state index contributed by atoms with van der Waals surface area (Å²) in [6.45, 7) is 3.99. The zero-order valence-corrected chi connectivity index (χ0v) is 8.31. The molecule has 0 aromatic heterocycles. The lowest BCUT2D eigenvalue weighted by atomic mass is 10.0. The predicted octanol–water partition coefficient (Wildman–Crippen LogP) is 1.76. The number of cyclic esters (lactones) is 2. The molecule has 0 amide bonds. The Morgan fingerprint density at radius 3 is 2.07 bits per heavy atom. The number of esters is 2. The summed E-state index contributed by atoms with van der Waals surface area (Å²) in [7, 11) is 0. The first-order chi connectivity index (χ1) is 7.15. The standard InChI is InChI=1S/C8H10.C4H2O3/c1-6-4-7-2-3-8(6)5-7;5-3-1-2-4(6)7-3/h2-3,7-8H,1,4-5H2;1-2H. The molecular formula is C12H12O3. The SMILES string of the molecule is C=C1CC2C=CC1C2.O=C1C=CC(=O)O1. The molecule has 0 aromatic rings. The fourth-order valence-electron chi connectivity index (χ4n) is 2.02. The molecule has 0 saturated heterocycles. The third kappa shape index (κ3) is 2.24. The van der Waals surface area contributed by atoms with Gasteiger partial charge in [-0.05, 0) is 24.7 Å². The number of hydrogen-bond donors (Lipinski definition) is 0. The van der Waals surface area contributed by atoms with Gasteiger partial charge >= 0.3 is 11.9 Å². The lowest BCUT2D eigenvalue weighted by molar-refractivity contribution is -0.150. The van der Waals surface area contributed by atoms with Gasteiger partial charge in [-0.3, -0.25) is 0 Å². The molecule has 1 aliphatic heterocycles. The first kappa shape index (κ1) is 9.90. The van der Waals surface area contributed by atoms with Crippen molar-refractivity contribution in [2.24, 2.45) is 11.8 Å². The van der Waals surface area contributed by atoms with Crippen molar-refractivity contribution in [3.05, 3.63) is 36.5 Å². The fraction of sp³-hybridized carbons (Fsp3) is 0.333. The first-order valence-corrected chi connectivity index (χ1v) is 4.95. The van der Waals surface area contributed by atoms with Gasteiger partial charge in [-0.2, -0.15) is 0 Å². The minimum atomic E-state index is -0.579.